The van der Waals surface area contributed by atoms with Gasteiger partial charge < -0.3 is 0 Å². The van der Waals surface area contributed by atoms with Crippen molar-refractivity contribution in [2.45, 2.75) is 25.7 Å². The summed E-state index contributed by atoms with van der Waals surface area (Å²) in [5, 5.41) is 14.2. The highest BCUT2D eigenvalue weighted by Gasteiger charge is 2.40. The van der Waals surface area contributed by atoms with Crippen LogP contribution in [0.5, 0.6) is 0 Å². The van der Waals surface area contributed by atoms with Gasteiger partial charge in [-0.15, -0.1) is 11.3 Å². The van der Waals surface area contributed by atoms with Crippen molar-refractivity contribution in [3.8, 4) is 10.7 Å². The second kappa shape index (κ2) is 6.86. The molecule has 8 heteroatoms. The Morgan fingerprint density at radius 3 is 2.96 bits per heavy atom. The lowest BCUT2D eigenvalue weighted by atomic mass is 9.87. The van der Waals surface area contributed by atoms with E-state index in [0.29, 0.717) is 18.4 Å². The second-order valence-corrected chi connectivity index (χ2v) is 7.82. The molecule has 1 aliphatic carbocycles. The van der Waals surface area contributed by atoms with Crippen LogP contribution in [0.3, 0.4) is 0 Å². The number of carbonyl (C=O) groups is 1. The molecule has 0 bridgehead atoms. The number of hydrogen-bond donors (Lipinski definition) is 2. The van der Waals surface area contributed by atoms with Crippen LogP contribution in [0.1, 0.15) is 27.6 Å². The Bertz CT molecular complexity index is 1010. The fraction of sp³-hybridized carbons (Fsp3) is 0.316. The molecular formula is C19H19FN4O2S. The van der Waals surface area contributed by atoms with E-state index < -0.39 is 11.8 Å². The lowest BCUT2D eigenvalue weighted by molar-refractivity contribution is -0.133. The molecule has 1 aliphatic rings. The summed E-state index contributed by atoms with van der Waals surface area (Å²) < 4.78 is 15.7. The molecule has 0 saturated carbocycles. The number of aromatic nitrogens is 3. The van der Waals surface area contributed by atoms with E-state index in [0.717, 1.165) is 26.8 Å². The standard InChI is InChI=1S/C19H19FN4O2S/c1-10-11(4-3-5-14(10)20)8-12-13(18(25)23-26)9-15-17(12)27-19(22-15)16-6-7-21-24(16)2/h3-7,12-13,26H,8-9H2,1-2H3,(H,23,25)/t12?,13-/m1/s1. The van der Waals surface area contributed by atoms with Crippen LogP contribution in [0.15, 0.2) is 30.5 Å². The summed E-state index contributed by atoms with van der Waals surface area (Å²) in [6, 6.07) is 6.90. The van der Waals surface area contributed by atoms with Gasteiger partial charge in [0.2, 0.25) is 5.91 Å². The van der Waals surface area contributed by atoms with Crippen LogP contribution in [0.2, 0.25) is 0 Å². The predicted molar refractivity (Wildman–Crippen MR) is 99.0 cm³/mol. The number of aryl methyl sites for hydroxylation is 1. The molecule has 1 amide bonds. The maximum Gasteiger partial charge on any atom is 0.247 e. The maximum absolute atomic E-state index is 14.0. The Labute approximate surface area is 159 Å². The van der Waals surface area contributed by atoms with Crippen LogP contribution < -0.4 is 5.48 Å². The van der Waals surface area contributed by atoms with Crippen molar-refractivity contribution in [2.75, 3.05) is 0 Å². The largest absolute Gasteiger partial charge is 0.289 e. The predicted octanol–water partition coefficient (Wildman–Crippen LogP) is 3.00. The van der Waals surface area contributed by atoms with E-state index in [9.17, 15) is 9.18 Å². The van der Waals surface area contributed by atoms with E-state index in [1.807, 2.05) is 19.2 Å². The van der Waals surface area contributed by atoms with Gasteiger partial charge in [-0.3, -0.25) is 14.7 Å². The van der Waals surface area contributed by atoms with Gasteiger partial charge in [-0.05, 0) is 36.6 Å². The molecule has 0 saturated heterocycles. The SMILES string of the molecule is Cc1c(F)cccc1CC1c2sc(-c3ccnn3C)nc2C[C@H]1C(=O)NO. The van der Waals surface area contributed by atoms with E-state index >= 15 is 0 Å². The van der Waals surface area contributed by atoms with Crippen LogP contribution in [0.25, 0.3) is 10.7 Å². The molecule has 2 N–H and O–H groups in total. The Morgan fingerprint density at radius 1 is 1.44 bits per heavy atom. The van der Waals surface area contributed by atoms with Crippen LogP contribution in [0.4, 0.5) is 4.39 Å². The monoisotopic (exact) mass is 386 g/mol. The van der Waals surface area contributed by atoms with Gasteiger partial charge >= 0.3 is 0 Å². The van der Waals surface area contributed by atoms with E-state index in [4.69, 9.17) is 10.2 Å². The third-order valence-corrected chi connectivity index (χ3v) is 6.52. The topological polar surface area (TPSA) is 80.0 Å². The molecule has 0 radical (unpaired) electrons. The third kappa shape index (κ3) is 3.04. The molecule has 0 aliphatic heterocycles. The Morgan fingerprint density at radius 2 is 2.26 bits per heavy atom. The molecule has 27 heavy (non-hydrogen) atoms. The number of fused-ring (bicyclic) bond motifs is 1. The third-order valence-electron chi connectivity index (χ3n) is 5.27. The minimum Gasteiger partial charge on any atom is -0.289 e. The first-order valence-electron chi connectivity index (χ1n) is 8.65. The number of thiazole rings is 1. The average molecular weight is 386 g/mol. The zero-order valence-electron chi connectivity index (χ0n) is 14.9. The van der Waals surface area contributed by atoms with Gasteiger partial charge in [0, 0.05) is 30.5 Å². The van der Waals surface area contributed by atoms with Gasteiger partial charge in [0.05, 0.1) is 17.3 Å². The number of nitrogens with zero attached hydrogens (tertiary/aromatic N) is 3. The quantitative estimate of drug-likeness (QED) is 0.534. The zero-order chi connectivity index (χ0) is 19.1. The van der Waals surface area contributed by atoms with Crippen LogP contribution in [-0.4, -0.2) is 25.9 Å². The summed E-state index contributed by atoms with van der Waals surface area (Å²) in [5.41, 5.74) is 5.00. The second-order valence-electron chi connectivity index (χ2n) is 6.79. The molecule has 0 spiro atoms. The Kier molecular flexibility index (Phi) is 4.53. The number of hydrogen-bond acceptors (Lipinski definition) is 5. The number of hydroxylamine groups is 1. The minimum atomic E-state index is -0.429. The molecule has 2 atom stereocenters. The molecule has 3 aromatic rings. The number of nitrogens with one attached hydrogen (secondary N) is 1. The van der Waals surface area contributed by atoms with Gasteiger partial charge in [-0.1, -0.05) is 12.1 Å². The summed E-state index contributed by atoms with van der Waals surface area (Å²) in [6.45, 7) is 1.75. The zero-order valence-corrected chi connectivity index (χ0v) is 15.8. The first-order valence-corrected chi connectivity index (χ1v) is 9.47. The summed E-state index contributed by atoms with van der Waals surface area (Å²) in [4.78, 5) is 18.0. The molecule has 2 heterocycles. The van der Waals surface area contributed by atoms with Crippen molar-refractivity contribution in [3.63, 3.8) is 0 Å². The number of halogens is 1. The van der Waals surface area contributed by atoms with Crippen LogP contribution in [-0.2, 0) is 24.7 Å². The highest BCUT2D eigenvalue weighted by Crippen LogP contribution is 2.45. The summed E-state index contributed by atoms with van der Waals surface area (Å²) in [7, 11) is 1.86. The van der Waals surface area contributed by atoms with Crippen LogP contribution >= 0.6 is 11.3 Å². The Balaban J connectivity index is 1.73. The highest BCUT2D eigenvalue weighted by atomic mass is 32.1. The minimum absolute atomic E-state index is 0.160. The fourth-order valence-corrected chi connectivity index (χ4v) is 5.04. The molecule has 4 rings (SSSR count). The lowest BCUT2D eigenvalue weighted by Crippen LogP contribution is -2.31. The van der Waals surface area contributed by atoms with E-state index in [1.54, 1.807) is 29.3 Å². The summed E-state index contributed by atoms with van der Waals surface area (Å²) in [5.74, 6) is -1.27. The number of benzene rings is 1. The smallest absolute Gasteiger partial charge is 0.247 e. The fourth-order valence-electron chi connectivity index (χ4n) is 3.73. The van der Waals surface area contributed by atoms with E-state index in [1.165, 1.54) is 17.4 Å². The lowest BCUT2D eigenvalue weighted by Gasteiger charge is -2.19. The van der Waals surface area contributed by atoms with Crippen molar-refractivity contribution < 1.29 is 14.4 Å². The van der Waals surface area contributed by atoms with Crippen LogP contribution in [0, 0.1) is 18.7 Å². The number of carbonyl (C=O) groups excluding carboxylic acids is 1. The van der Waals surface area contributed by atoms with Gasteiger partial charge in [0.25, 0.3) is 0 Å². The van der Waals surface area contributed by atoms with E-state index in [2.05, 4.69) is 5.10 Å². The number of amides is 1. The molecule has 6 nitrogen and oxygen atoms in total. The maximum atomic E-state index is 14.0. The van der Waals surface area contributed by atoms with Crippen molar-refractivity contribution in [2.24, 2.45) is 13.0 Å². The average Bonchev–Trinajstić information content (AvgIpc) is 3.33. The first kappa shape index (κ1) is 17.8. The van der Waals surface area contributed by atoms with E-state index in [-0.39, 0.29) is 11.7 Å². The molecule has 0 fully saturated rings. The van der Waals surface area contributed by atoms with Crippen molar-refractivity contribution >= 4 is 17.2 Å². The molecular weight excluding hydrogens is 367 g/mol. The molecule has 1 unspecified atom stereocenters. The van der Waals surface area contributed by atoms with Crippen molar-refractivity contribution in [1.82, 2.24) is 20.2 Å². The van der Waals surface area contributed by atoms with Gasteiger partial charge in [0.1, 0.15) is 10.8 Å². The normalized spacial score (nSPS) is 18.5. The van der Waals surface area contributed by atoms with Gasteiger partial charge in [-0.2, -0.15) is 5.10 Å². The molecule has 140 valence electrons. The first-order chi connectivity index (χ1) is 13.0. The Hall–Kier alpha value is -2.58. The number of rotatable bonds is 4. The highest BCUT2D eigenvalue weighted by molar-refractivity contribution is 7.15. The van der Waals surface area contributed by atoms with Crippen molar-refractivity contribution in [1.29, 1.82) is 0 Å². The summed E-state index contributed by atoms with van der Waals surface area (Å²) in [6.07, 6.45) is 2.69. The molecule has 1 aromatic carbocycles. The van der Waals surface area contributed by atoms with Gasteiger partial charge in [0.15, 0.2) is 0 Å². The summed E-state index contributed by atoms with van der Waals surface area (Å²) >= 11 is 1.54. The van der Waals surface area contributed by atoms with Crippen molar-refractivity contribution in [3.05, 3.63) is 58.0 Å². The van der Waals surface area contributed by atoms with Gasteiger partial charge in [-0.25, -0.2) is 14.9 Å². The molecule has 2 aromatic heterocycles.